The van der Waals surface area contributed by atoms with Crippen LogP contribution in [0.15, 0.2) is 0 Å². The van der Waals surface area contributed by atoms with E-state index in [-0.39, 0.29) is 50.3 Å². The molecule has 0 saturated carbocycles. The number of amides is 4. The van der Waals surface area contributed by atoms with Gasteiger partial charge in [-0.3, -0.25) is 9.36 Å². The summed E-state index contributed by atoms with van der Waals surface area (Å²) in [6.07, 6.45) is 4.62. The maximum Gasteiger partial charge on any atom is 0.407 e. The molecular weight excluding hydrogens is 549 g/mol. The van der Waals surface area contributed by atoms with E-state index in [4.69, 9.17) is 13.8 Å². The van der Waals surface area contributed by atoms with Crippen molar-refractivity contribution in [1.82, 2.24) is 21.3 Å². The molecular formula is C24H42N5O8PS. The molecule has 0 bridgehead atoms. The van der Waals surface area contributed by atoms with Crippen LogP contribution in [0.1, 0.15) is 59.3 Å². The summed E-state index contributed by atoms with van der Waals surface area (Å²) in [5, 5.41) is 22.9. The van der Waals surface area contributed by atoms with Gasteiger partial charge in [-0.25, -0.2) is 9.59 Å². The Labute approximate surface area is 234 Å². The summed E-state index contributed by atoms with van der Waals surface area (Å²) in [4.78, 5) is 35.7. The molecule has 3 rings (SSSR count). The molecule has 4 N–H and O–H groups in total. The van der Waals surface area contributed by atoms with Crippen LogP contribution in [0, 0.1) is 11.1 Å². The molecule has 2 saturated heterocycles. The van der Waals surface area contributed by atoms with Crippen LogP contribution < -0.4 is 21.3 Å². The standard InChI is InChI=1S/C24H42N5O8PS/c1-4-36-38(34,37-5-2)24(3)17(11-14-29(24)33)15-35-23(32)26-13-8-12-25-20(30)10-7-6-9-19-21-18(16-39-19)27-22(31)28-21/h14,17-19,21H,4-13,15-16H2,1-3H3,(H,25,30)(H,26,32)(H2,27,28,31)/t17?,18-,19-,21-,24-/m0/s1. The van der Waals surface area contributed by atoms with Crippen LogP contribution in [0.5, 0.6) is 0 Å². The minimum absolute atomic E-state index is 0.0303. The molecule has 3 aliphatic heterocycles. The molecule has 0 spiro atoms. The second-order valence-corrected chi connectivity index (χ2v) is 13.7. The van der Waals surface area contributed by atoms with Gasteiger partial charge >= 0.3 is 19.7 Å². The van der Waals surface area contributed by atoms with Crippen molar-refractivity contribution in [2.45, 2.75) is 81.9 Å². The number of alkyl carbamates (subject to hydrolysis) is 1. The van der Waals surface area contributed by atoms with Gasteiger partial charge in [0.2, 0.25) is 5.91 Å². The molecule has 4 amide bonds. The molecule has 15 heteroatoms. The zero-order valence-corrected chi connectivity index (χ0v) is 24.7. The quantitative estimate of drug-likeness (QED) is 0.0692. The lowest BCUT2D eigenvalue weighted by Gasteiger charge is -2.34. The zero-order valence-electron chi connectivity index (χ0n) is 22.9. The summed E-state index contributed by atoms with van der Waals surface area (Å²) in [5.41, 5.74) is 0. The highest BCUT2D eigenvalue weighted by molar-refractivity contribution is 8.00. The summed E-state index contributed by atoms with van der Waals surface area (Å²) in [5.74, 6) is 0.334. The summed E-state index contributed by atoms with van der Waals surface area (Å²) in [6.45, 7) is 5.69. The van der Waals surface area contributed by atoms with Gasteiger partial charge in [0.05, 0.1) is 31.2 Å². The number of fused-ring (bicyclic) bond motifs is 1. The fourth-order valence-corrected chi connectivity index (χ4v) is 8.89. The third-order valence-electron chi connectivity index (χ3n) is 7.37. The van der Waals surface area contributed by atoms with E-state index in [2.05, 4.69) is 21.3 Å². The zero-order chi connectivity index (χ0) is 28.5. The summed E-state index contributed by atoms with van der Waals surface area (Å²) in [7, 11) is -3.80. The number of rotatable bonds is 16. The molecule has 13 nitrogen and oxygen atoms in total. The Kier molecular flexibility index (Phi) is 11.8. The lowest BCUT2D eigenvalue weighted by molar-refractivity contribution is -0.515. The van der Waals surface area contributed by atoms with Gasteiger partial charge in [0.25, 0.3) is 5.28 Å². The highest BCUT2D eigenvalue weighted by Gasteiger charge is 2.63. The number of hydrogen-bond donors (Lipinski definition) is 4. The van der Waals surface area contributed by atoms with Crippen molar-refractivity contribution < 1.29 is 37.5 Å². The minimum Gasteiger partial charge on any atom is -0.623 e. The summed E-state index contributed by atoms with van der Waals surface area (Å²) < 4.78 is 30.1. The fourth-order valence-electron chi connectivity index (χ4n) is 5.12. The maximum absolute atomic E-state index is 13.4. The van der Waals surface area contributed by atoms with Crippen molar-refractivity contribution in [2.24, 2.45) is 5.92 Å². The highest BCUT2D eigenvalue weighted by atomic mass is 32.2. The Morgan fingerprint density at radius 1 is 1.18 bits per heavy atom. The average molecular weight is 592 g/mol. The number of unbranched alkanes of at least 4 members (excludes halogenated alkanes) is 1. The molecule has 3 aliphatic rings. The second kappa shape index (κ2) is 14.6. The third-order valence-corrected chi connectivity index (χ3v) is 11.7. The van der Waals surface area contributed by atoms with E-state index in [1.165, 1.54) is 13.1 Å². The van der Waals surface area contributed by atoms with E-state index in [0.717, 1.165) is 25.0 Å². The van der Waals surface area contributed by atoms with Crippen LogP contribution in [0.3, 0.4) is 0 Å². The van der Waals surface area contributed by atoms with Gasteiger partial charge in [-0.1, -0.05) is 6.42 Å². The lowest BCUT2D eigenvalue weighted by atomic mass is 10.0. The minimum atomic E-state index is -3.80. The van der Waals surface area contributed by atoms with Crippen molar-refractivity contribution in [2.75, 3.05) is 38.7 Å². The molecule has 222 valence electrons. The molecule has 0 aliphatic carbocycles. The first-order valence-electron chi connectivity index (χ1n) is 13.7. The highest BCUT2D eigenvalue weighted by Crippen LogP contribution is 2.64. The van der Waals surface area contributed by atoms with Crippen LogP contribution >= 0.6 is 19.4 Å². The molecule has 0 aromatic rings. The van der Waals surface area contributed by atoms with E-state index in [1.54, 1.807) is 13.8 Å². The van der Waals surface area contributed by atoms with Crippen molar-refractivity contribution in [3.8, 4) is 0 Å². The van der Waals surface area contributed by atoms with Crippen LogP contribution in [-0.2, 0) is 23.1 Å². The molecule has 5 atom stereocenters. The normalized spacial score (nSPS) is 27.9. The monoisotopic (exact) mass is 591 g/mol. The van der Waals surface area contributed by atoms with Gasteiger partial charge in [-0.2, -0.15) is 16.5 Å². The Bertz CT molecular complexity index is 945. The van der Waals surface area contributed by atoms with Crippen molar-refractivity contribution >= 4 is 43.6 Å². The van der Waals surface area contributed by atoms with Gasteiger partial charge < -0.3 is 40.3 Å². The van der Waals surface area contributed by atoms with Gasteiger partial charge in [0, 0.05) is 43.9 Å². The number of nitrogens with zero attached hydrogens (tertiary/aromatic N) is 1. The number of nitrogens with one attached hydrogen (secondary N) is 4. The smallest absolute Gasteiger partial charge is 0.407 e. The fraction of sp³-hybridized carbons (Fsp3) is 0.833. The molecule has 39 heavy (non-hydrogen) atoms. The molecule has 2 fully saturated rings. The van der Waals surface area contributed by atoms with E-state index < -0.39 is 24.9 Å². The van der Waals surface area contributed by atoms with E-state index in [9.17, 15) is 24.2 Å². The first-order valence-corrected chi connectivity index (χ1v) is 16.3. The molecule has 0 aromatic carbocycles. The number of ether oxygens (including phenoxy) is 1. The second-order valence-electron chi connectivity index (χ2n) is 9.96. The summed E-state index contributed by atoms with van der Waals surface area (Å²) >= 11 is 1.87. The van der Waals surface area contributed by atoms with Crippen LogP contribution in [0.2, 0.25) is 0 Å². The Morgan fingerprint density at radius 2 is 1.90 bits per heavy atom. The number of carbonyl (C=O) groups is 3. The Hall–Kier alpha value is -2.02. The van der Waals surface area contributed by atoms with Gasteiger partial charge in [-0.15, -0.1) is 0 Å². The van der Waals surface area contributed by atoms with Crippen LogP contribution in [-0.4, -0.2) is 90.3 Å². The first kappa shape index (κ1) is 31.5. The maximum atomic E-state index is 13.4. The number of hydrogen-bond acceptors (Lipinski definition) is 9. The lowest BCUT2D eigenvalue weighted by Crippen LogP contribution is -2.43. The predicted octanol–water partition coefficient (Wildman–Crippen LogP) is 2.53. The number of carbonyl (C=O) groups excluding carboxylic acids is 3. The molecule has 0 aromatic heterocycles. The van der Waals surface area contributed by atoms with E-state index in [1.807, 2.05) is 11.8 Å². The molecule has 3 heterocycles. The molecule has 0 radical (unpaired) electrons. The van der Waals surface area contributed by atoms with Gasteiger partial charge in [0.15, 0.2) is 6.21 Å². The van der Waals surface area contributed by atoms with Crippen LogP contribution in [0.4, 0.5) is 9.59 Å². The van der Waals surface area contributed by atoms with Crippen LogP contribution in [0.25, 0.3) is 0 Å². The third kappa shape index (κ3) is 7.80. The SMILES string of the molecule is CCOP(=O)(OCC)[C@@]1(C)C(COC(=O)NCCCNC(=O)CCCC[C@@H]2SC[C@@H]3NC(=O)N[C@@H]32)CC=[N+]1[O-]. The van der Waals surface area contributed by atoms with Crippen molar-refractivity contribution in [3.63, 3.8) is 0 Å². The molecule has 1 unspecified atom stereocenters. The average Bonchev–Trinajstić information content (AvgIpc) is 3.54. The largest absolute Gasteiger partial charge is 0.623 e. The summed E-state index contributed by atoms with van der Waals surface area (Å²) in [6, 6.07) is 0.311. The van der Waals surface area contributed by atoms with Crippen molar-refractivity contribution in [1.29, 1.82) is 0 Å². The predicted molar refractivity (Wildman–Crippen MR) is 148 cm³/mol. The van der Waals surface area contributed by atoms with E-state index in [0.29, 0.717) is 35.9 Å². The topological polar surface area (TPSA) is 170 Å². The van der Waals surface area contributed by atoms with Crippen molar-refractivity contribution in [3.05, 3.63) is 5.21 Å². The number of hydroxylamine groups is 1. The Balaban J connectivity index is 1.26. The first-order chi connectivity index (χ1) is 18.6. The van der Waals surface area contributed by atoms with Gasteiger partial charge in [-0.05, 0) is 33.1 Å². The Morgan fingerprint density at radius 3 is 2.62 bits per heavy atom. The van der Waals surface area contributed by atoms with Gasteiger partial charge in [0.1, 0.15) is 6.61 Å². The number of urea groups is 1. The number of thioether (sulfide) groups is 1. The van der Waals surface area contributed by atoms with E-state index >= 15 is 0 Å².